The topological polar surface area (TPSA) is 3.24 Å². The van der Waals surface area contributed by atoms with Crippen molar-refractivity contribution >= 4 is 75.4 Å². The van der Waals surface area contributed by atoms with Gasteiger partial charge in [-0.05, 0) is 127 Å². The predicted molar refractivity (Wildman–Crippen MR) is 243 cm³/mol. The van der Waals surface area contributed by atoms with Crippen LogP contribution in [0.5, 0.6) is 0 Å². The Labute approximate surface area is 435 Å². The fourth-order valence-corrected chi connectivity index (χ4v) is 30.5. The molecule has 1 nitrogen and oxygen atoms in total. The second-order valence-electron chi connectivity index (χ2n) is 29.8. The zero-order valence-corrected chi connectivity index (χ0v) is 39.7. The molecule has 0 radical (unpaired) electrons. The highest BCUT2D eigenvalue weighted by Crippen LogP contribution is 3.07. The summed E-state index contributed by atoms with van der Waals surface area (Å²) >= 11 is 0. The van der Waals surface area contributed by atoms with Gasteiger partial charge in [-0.3, -0.25) is 0 Å². The predicted octanol–water partition coefficient (Wildman–Crippen LogP) is 13.5. The minimum Gasteiger partial charge on any atom is -0.304 e. The van der Waals surface area contributed by atoms with Gasteiger partial charge in [-0.2, -0.15) is 0 Å². The third-order valence-electron chi connectivity index (χ3n) is 30.4. The molecule has 9 aromatic carbocycles. The first-order valence-electron chi connectivity index (χ1n) is 27.7. The van der Waals surface area contributed by atoms with Gasteiger partial charge in [0.1, 0.15) is 0 Å². The summed E-state index contributed by atoms with van der Waals surface area (Å²) < 4.78 is 390. The maximum absolute atomic E-state index is 21.8. The van der Waals surface area contributed by atoms with Crippen molar-refractivity contribution in [1.29, 1.82) is 0 Å². The third kappa shape index (κ3) is 1.53. The molecule has 23 aliphatic carbocycles. The lowest BCUT2D eigenvalue weighted by atomic mass is 9.40. The Morgan fingerprint density at radius 1 is 0.207 bits per heavy atom. The van der Waals surface area contributed by atoms with Gasteiger partial charge < -0.3 is 4.90 Å². The largest absolute Gasteiger partial charge is 0.304 e. The number of likely N-dealkylation sites (N-methyl/N-ethyl adjacent to an activating group) is 1. The van der Waals surface area contributed by atoms with Crippen molar-refractivity contribution in [3.63, 3.8) is 0 Å². The number of alkyl halides is 18. The molecular formula is C63H7F18N. The smallest absolute Gasteiger partial charge is 0.236 e. The lowest BCUT2D eigenvalue weighted by Gasteiger charge is -2.67. The molecule has 0 bridgehead atoms. The summed E-state index contributed by atoms with van der Waals surface area (Å²) in [6, 6.07) is 0. The summed E-state index contributed by atoms with van der Waals surface area (Å²) in [5.41, 5.74) is -143. The van der Waals surface area contributed by atoms with E-state index in [-0.39, 0.29) is 84.2 Å². The monoisotopic (exact) mass is 1120 g/mol. The van der Waals surface area contributed by atoms with Crippen LogP contribution < -0.4 is 0 Å². The van der Waals surface area contributed by atoms with Crippen molar-refractivity contribution in [2.45, 2.75) is 113 Å². The molecular weight excluding hydrogens is 1110 g/mol. The number of hydrogen-bond donors (Lipinski definition) is 0. The van der Waals surface area contributed by atoms with Gasteiger partial charge in [-0.15, -0.1) is 0 Å². The number of hydrogen-bond acceptors (Lipinski definition) is 1. The molecule has 82 heavy (non-hydrogen) atoms. The molecule has 1 heterocycles. The third-order valence-corrected chi connectivity index (χ3v) is 30.4. The molecule has 33 rings (SSSR count). The van der Waals surface area contributed by atoms with Gasteiger partial charge in [0.25, 0.3) is 0 Å². The van der Waals surface area contributed by atoms with Crippen LogP contribution in [0.1, 0.15) is 122 Å². The Hall–Kier alpha value is -6.50. The van der Waals surface area contributed by atoms with Gasteiger partial charge in [0.05, 0.1) is 10.8 Å². The SMILES string of the molecule is CN1CC23c4c5c6c7c8c9c%10c%11c(c2c2c%12c%11c%11c%13c%14c%15c%16c%17c%18c%19c%20c%21c%22c(c-5c5c%21c%18c(c-2c%17c%14%12)C53C1)C6(F)C1(F)C2(F)c3c5c6c%12c%14c3C(F)(C9(F)C72F)C(F)(C%10%11F)C%14(F)C%13(F)C%15(F)C%12(F)C(F)(C%19%16F)C6(F)C%20(F)C%22(F)C51F)c48. The molecule has 0 saturated carbocycles. The Kier molecular flexibility index (Phi) is 3.19. The van der Waals surface area contributed by atoms with E-state index in [0.29, 0.717) is 0 Å². The average Bonchev–Trinajstić information content (AvgIpc) is 1.34. The zero-order chi connectivity index (χ0) is 54.1. The number of likely N-dealkylation sites (tertiary alicyclic amines) is 1. The van der Waals surface area contributed by atoms with E-state index in [1.165, 1.54) is 0 Å². The fraction of sp³-hybridized carbons (Fsp3) is 0.365. The van der Waals surface area contributed by atoms with Gasteiger partial charge in [-0.25, -0.2) is 79.0 Å². The number of nitrogens with zero attached hydrogens (tertiary/aromatic N) is 1. The Balaban J connectivity index is 1.12. The molecule has 2 spiro atoms. The summed E-state index contributed by atoms with van der Waals surface area (Å²) in [4.78, 5) is 1.80. The Bertz CT molecular complexity index is 5890. The van der Waals surface area contributed by atoms with Crippen molar-refractivity contribution in [1.82, 2.24) is 4.90 Å². The molecule has 24 aliphatic rings. The van der Waals surface area contributed by atoms with E-state index in [2.05, 4.69) is 0 Å². The fourth-order valence-electron chi connectivity index (χ4n) is 30.5. The van der Waals surface area contributed by atoms with E-state index < -0.39 is 262 Å². The van der Waals surface area contributed by atoms with Crippen LogP contribution in [-0.2, 0) is 95.9 Å². The van der Waals surface area contributed by atoms with Crippen LogP contribution in [0, 0.1) is 0 Å². The van der Waals surface area contributed by atoms with Gasteiger partial charge >= 0.3 is 0 Å². The van der Waals surface area contributed by atoms with Crippen LogP contribution in [0.4, 0.5) is 79.0 Å². The van der Waals surface area contributed by atoms with Crippen LogP contribution in [0.15, 0.2) is 0 Å². The molecule has 0 N–H and O–H groups in total. The number of rotatable bonds is 0. The van der Waals surface area contributed by atoms with Crippen molar-refractivity contribution in [2.75, 3.05) is 20.1 Å². The molecule has 18 unspecified atom stereocenters. The van der Waals surface area contributed by atoms with E-state index in [0.717, 1.165) is 0 Å². The number of halogens is 18. The molecule has 0 amide bonds. The Morgan fingerprint density at radius 2 is 0.427 bits per heavy atom. The van der Waals surface area contributed by atoms with E-state index in [1.54, 1.807) is 11.9 Å². The number of benzene rings is 9. The van der Waals surface area contributed by atoms with Gasteiger partial charge in [-0.1, -0.05) is 0 Å². The van der Waals surface area contributed by atoms with Crippen molar-refractivity contribution in [3.8, 4) is 22.3 Å². The molecule has 18 atom stereocenters. The normalized spacial score (nSPS) is 57.5. The van der Waals surface area contributed by atoms with Gasteiger partial charge in [0.2, 0.25) is 102 Å². The molecule has 390 valence electrons. The van der Waals surface area contributed by atoms with E-state index in [1.807, 2.05) is 0 Å². The minimum absolute atomic E-state index is 0.0538. The minimum atomic E-state index is -6.09. The Morgan fingerprint density at radius 3 is 0.732 bits per heavy atom. The summed E-state index contributed by atoms with van der Waals surface area (Å²) in [5, 5.41) is -7.46. The highest BCUT2D eigenvalue weighted by Gasteiger charge is 3.18. The van der Waals surface area contributed by atoms with E-state index >= 15 is 79.0 Å². The van der Waals surface area contributed by atoms with Crippen LogP contribution in [0.25, 0.3) is 97.7 Å². The van der Waals surface area contributed by atoms with Crippen molar-refractivity contribution in [3.05, 3.63) is 122 Å². The molecule has 1 fully saturated rings. The highest BCUT2D eigenvalue weighted by atomic mass is 19.2. The maximum Gasteiger partial charge on any atom is 0.236 e. The van der Waals surface area contributed by atoms with Gasteiger partial charge in [0.15, 0.2) is 0 Å². The second kappa shape index (κ2) is 7.08. The lowest BCUT2D eigenvalue weighted by molar-refractivity contribution is -0.378. The van der Waals surface area contributed by atoms with Crippen molar-refractivity contribution < 1.29 is 79.0 Å². The molecule has 0 aromatic heterocycles. The van der Waals surface area contributed by atoms with Crippen LogP contribution in [0.2, 0.25) is 0 Å². The zero-order valence-electron chi connectivity index (χ0n) is 39.7. The molecule has 19 heteroatoms. The van der Waals surface area contributed by atoms with E-state index in [4.69, 9.17) is 0 Å². The first-order chi connectivity index (χ1) is 38.5. The average molecular weight is 1120 g/mol. The van der Waals surface area contributed by atoms with Crippen LogP contribution in [0.3, 0.4) is 0 Å². The quantitative estimate of drug-likeness (QED) is 0.108. The van der Waals surface area contributed by atoms with Gasteiger partial charge in [0, 0.05) is 113 Å². The highest BCUT2D eigenvalue weighted by molar-refractivity contribution is 6.50. The van der Waals surface area contributed by atoms with E-state index in [9.17, 15) is 0 Å². The lowest BCUT2D eigenvalue weighted by Crippen LogP contribution is -2.85. The standard InChI is InChI=1S/C63H7F18N/c1-82-2-44-22-7-5-4-6-8(7)23-12-14-10(6)27-33-17(4)32-26-9(5)13-11(22)15-18-34-28(13)46(26,64)61(79)55(73)38-39-41-43-42-40(38)57(61,75)51(34,69)53(71)36(18)30-20(24(15)44)21-25(45(23,44)3-82)16(12)19-35-29(14)47(27,65)62(80,56(39,74)50(33,68)49(32,55)67)58(41,76)52(35,70)54(72)37(19)31(21)48(30,66)63(81,59(42,53)77)60(43,54)78/h2-3H2,1H3. The summed E-state index contributed by atoms with van der Waals surface area (Å²) in [7, 11) is 1.66. The molecule has 1 aliphatic heterocycles. The molecule has 9 aromatic rings. The summed E-state index contributed by atoms with van der Waals surface area (Å²) in [6.07, 6.45) is 0. The van der Waals surface area contributed by atoms with Crippen LogP contribution in [-0.4, -0.2) is 42.0 Å². The second-order valence-corrected chi connectivity index (χ2v) is 29.8. The first-order valence-corrected chi connectivity index (χ1v) is 27.7. The first kappa shape index (κ1) is 36.9. The van der Waals surface area contributed by atoms with Crippen molar-refractivity contribution in [2.24, 2.45) is 0 Å². The summed E-state index contributed by atoms with van der Waals surface area (Å²) in [5.74, 6) is 0. The molecule has 1 saturated heterocycles. The van der Waals surface area contributed by atoms with Crippen LogP contribution >= 0.6 is 0 Å². The maximum atomic E-state index is 21.8. The summed E-state index contributed by atoms with van der Waals surface area (Å²) in [6.45, 7) is -0.461.